The summed E-state index contributed by atoms with van der Waals surface area (Å²) in [6.45, 7) is 0.902. The summed E-state index contributed by atoms with van der Waals surface area (Å²) in [6.07, 6.45) is 1.45. The first-order chi connectivity index (χ1) is 6.40. The van der Waals surface area contributed by atoms with Gasteiger partial charge in [-0.05, 0) is 12.0 Å². The highest BCUT2D eigenvalue weighted by Gasteiger charge is 2.31. The van der Waals surface area contributed by atoms with Crippen molar-refractivity contribution in [3.8, 4) is 0 Å². The Labute approximate surface area is 80.9 Å². The lowest BCUT2D eigenvalue weighted by molar-refractivity contribution is 0.363. The van der Waals surface area contributed by atoms with Crippen LogP contribution in [0.4, 0.5) is 0 Å². The van der Waals surface area contributed by atoms with Crippen molar-refractivity contribution < 1.29 is 4.74 Å². The maximum Gasteiger partial charge on any atom is 0.0968 e. The Kier molecular flexibility index (Phi) is 2.94. The topological polar surface area (TPSA) is 24.6 Å². The van der Waals surface area contributed by atoms with E-state index in [0.717, 1.165) is 13.0 Å². The molecule has 1 fully saturated rings. The molecule has 0 amide bonds. The van der Waals surface area contributed by atoms with E-state index in [2.05, 4.69) is 38.7 Å². The molecule has 1 heterocycles. The van der Waals surface area contributed by atoms with Crippen LogP contribution in [0.15, 0.2) is 30.3 Å². The van der Waals surface area contributed by atoms with Gasteiger partial charge in [0.2, 0.25) is 0 Å². The molecule has 0 saturated carbocycles. The number of ether oxygens (including phenoxy) is 1. The predicted molar refractivity (Wildman–Crippen MR) is 56.5 cm³/mol. The fourth-order valence-electron chi connectivity index (χ4n) is 1.45. The average Bonchev–Trinajstić information content (AvgIpc) is 2.99. The van der Waals surface area contributed by atoms with Crippen molar-refractivity contribution in [2.45, 2.75) is 18.6 Å². The third-order valence-electron chi connectivity index (χ3n) is 2.32. The van der Waals surface area contributed by atoms with Gasteiger partial charge in [-0.2, -0.15) is 0 Å². The Morgan fingerprint density at radius 2 is 2.15 bits per heavy atom. The number of epoxide rings is 1. The second-order valence-electron chi connectivity index (χ2n) is 3.33. The maximum absolute atomic E-state index is 5.26. The summed E-state index contributed by atoms with van der Waals surface area (Å²) in [4.78, 5) is 0. The monoisotopic (exact) mass is 195 g/mol. The number of benzene rings is 1. The highest BCUT2D eigenvalue weighted by atomic mass is 31.0. The Morgan fingerprint density at radius 3 is 2.69 bits per heavy atom. The number of nitrogens with one attached hydrogen (secondary N) is 1. The molecule has 0 bridgehead atoms. The van der Waals surface area contributed by atoms with Crippen LogP contribution in [-0.2, 0) is 11.2 Å². The van der Waals surface area contributed by atoms with Gasteiger partial charge in [-0.3, -0.25) is 5.09 Å². The van der Waals surface area contributed by atoms with E-state index in [-0.39, 0.29) is 0 Å². The van der Waals surface area contributed by atoms with Gasteiger partial charge in [0.15, 0.2) is 0 Å². The Hall–Kier alpha value is -0.430. The van der Waals surface area contributed by atoms with Crippen LogP contribution >= 0.6 is 9.39 Å². The molecule has 1 N–H and O–H groups in total. The zero-order valence-corrected chi connectivity index (χ0v) is 8.60. The molecule has 3 heteroatoms. The van der Waals surface area contributed by atoms with Crippen LogP contribution in [0.3, 0.4) is 0 Å². The summed E-state index contributed by atoms with van der Waals surface area (Å²) in [5.41, 5.74) is 1.36. The summed E-state index contributed by atoms with van der Waals surface area (Å²) < 4.78 is 5.26. The lowest BCUT2D eigenvalue weighted by Crippen LogP contribution is -2.29. The second-order valence-corrected chi connectivity index (χ2v) is 3.67. The van der Waals surface area contributed by atoms with E-state index in [1.807, 2.05) is 6.07 Å². The fraction of sp³-hybridized carbons (Fsp3) is 0.400. The van der Waals surface area contributed by atoms with Gasteiger partial charge in [0, 0.05) is 6.04 Å². The Bertz CT molecular complexity index is 261. The molecule has 70 valence electrons. The molecular formula is C10H14NOP. The molecule has 0 aromatic heterocycles. The van der Waals surface area contributed by atoms with E-state index >= 15 is 0 Å². The average molecular weight is 195 g/mol. The van der Waals surface area contributed by atoms with Crippen molar-refractivity contribution in [3.05, 3.63) is 35.9 Å². The number of hydrogen-bond donors (Lipinski definition) is 1. The molecule has 13 heavy (non-hydrogen) atoms. The molecule has 3 atom stereocenters. The van der Waals surface area contributed by atoms with Gasteiger partial charge in [-0.1, -0.05) is 39.7 Å². The first-order valence-electron chi connectivity index (χ1n) is 4.52. The quantitative estimate of drug-likeness (QED) is 0.579. The first-order valence-corrected chi connectivity index (χ1v) is 5.09. The highest BCUT2D eigenvalue weighted by molar-refractivity contribution is 7.13. The zero-order chi connectivity index (χ0) is 9.10. The van der Waals surface area contributed by atoms with Crippen LogP contribution in [0.25, 0.3) is 0 Å². The summed E-state index contributed by atoms with van der Waals surface area (Å²) in [5.74, 6) is 0. The summed E-state index contributed by atoms with van der Waals surface area (Å²) in [5, 5.41) is 3.20. The first kappa shape index (κ1) is 9.14. The Morgan fingerprint density at radius 1 is 1.46 bits per heavy atom. The van der Waals surface area contributed by atoms with Crippen molar-refractivity contribution >= 4 is 9.39 Å². The van der Waals surface area contributed by atoms with E-state index < -0.39 is 0 Å². The molecule has 1 aliphatic heterocycles. The number of hydrogen-bond acceptors (Lipinski definition) is 2. The van der Waals surface area contributed by atoms with Crippen molar-refractivity contribution in [2.24, 2.45) is 0 Å². The maximum atomic E-state index is 5.26. The van der Waals surface area contributed by atoms with Gasteiger partial charge in [-0.15, -0.1) is 0 Å². The smallest absolute Gasteiger partial charge is 0.0968 e. The van der Waals surface area contributed by atoms with E-state index in [0.29, 0.717) is 12.1 Å². The second kappa shape index (κ2) is 4.19. The molecule has 1 saturated heterocycles. The molecule has 1 aromatic carbocycles. The molecule has 0 radical (unpaired) electrons. The SMILES string of the molecule is PNC(Cc1ccccc1)C1CO1. The normalized spacial score (nSPS) is 22.7. The van der Waals surface area contributed by atoms with Gasteiger partial charge in [0.1, 0.15) is 0 Å². The fourth-order valence-corrected chi connectivity index (χ4v) is 1.79. The van der Waals surface area contributed by atoms with Crippen LogP contribution in [0, 0.1) is 0 Å². The van der Waals surface area contributed by atoms with Crippen LogP contribution in [0.1, 0.15) is 5.56 Å². The third kappa shape index (κ3) is 2.50. The van der Waals surface area contributed by atoms with Crippen molar-refractivity contribution in [2.75, 3.05) is 6.61 Å². The molecule has 3 unspecified atom stereocenters. The van der Waals surface area contributed by atoms with Crippen molar-refractivity contribution in [1.82, 2.24) is 5.09 Å². The minimum Gasteiger partial charge on any atom is -0.371 e. The van der Waals surface area contributed by atoms with Gasteiger partial charge in [0.05, 0.1) is 12.7 Å². The molecule has 2 rings (SSSR count). The lowest BCUT2D eigenvalue weighted by Gasteiger charge is -2.12. The molecule has 1 aliphatic rings. The Balaban J connectivity index is 1.95. The summed E-state index contributed by atoms with van der Waals surface area (Å²) in [6, 6.07) is 10.9. The van der Waals surface area contributed by atoms with Gasteiger partial charge in [-0.25, -0.2) is 0 Å². The van der Waals surface area contributed by atoms with E-state index in [1.165, 1.54) is 5.56 Å². The van der Waals surface area contributed by atoms with Crippen LogP contribution in [0.2, 0.25) is 0 Å². The molecule has 0 spiro atoms. The van der Waals surface area contributed by atoms with Crippen LogP contribution < -0.4 is 5.09 Å². The van der Waals surface area contributed by atoms with Gasteiger partial charge in [0.25, 0.3) is 0 Å². The summed E-state index contributed by atoms with van der Waals surface area (Å²) >= 11 is 0. The lowest BCUT2D eigenvalue weighted by atomic mass is 10.0. The van der Waals surface area contributed by atoms with Crippen LogP contribution in [0.5, 0.6) is 0 Å². The summed E-state index contributed by atoms with van der Waals surface area (Å²) in [7, 11) is 2.57. The van der Waals surface area contributed by atoms with Gasteiger partial charge >= 0.3 is 0 Å². The minimum absolute atomic E-state index is 0.415. The standard InChI is InChI=1S/C10H14NOP/c13-11-9(10-7-12-10)6-8-4-2-1-3-5-8/h1-5,9-11H,6-7,13H2. The molecular weight excluding hydrogens is 181 g/mol. The van der Waals surface area contributed by atoms with Crippen molar-refractivity contribution in [1.29, 1.82) is 0 Å². The van der Waals surface area contributed by atoms with Gasteiger partial charge < -0.3 is 4.74 Å². The van der Waals surface area contributed by atoms with E-state index in [1.54, 1.807) is 0 Å². The highest BCUT2D eigenvalue weighted by Crippen LogP contribution is 2.18. The minimum atomic E-state index is 0.415. The third-order valence-corrected chi connectivity index (χ3v) is 2.75. The van der Waals surface area contributed by atoms with Crippen LogP contribution in [-0.4, -0.2) is 18.8 Å². The molecule has 0 aliphatic carbocycles. The molecule has 1 aromatic rings. The number of rotatable bonds is 4. The largest absolute Gasteiger partial charge is 0.371 e. The predicted octanol–water partition coefficient (Wildman–Crippen LogP) is 1.38. The molecule has 2 nitrogen and oxygen atoms in total. The van der Waals surface area contributed by atoms with Crippen molar-refractivity contribution in [3.63, 3.8) is 0 Å². The van der Waals surface area contributed by atoms with E-state index in [4.69, 9.17) is 4.74 Å². The van der Waals surface area contributed by atoms with E-state index in [9.17, 15) is 0 Å². The zero-order valence-electron chi connectivity index (χ0n) is 7.44.